The highest BCUT2D eigenvalue weighted by molar-refractivity contribution is 7.85. The minimum Gasteiger partial charge on any atom is -0.466 e. The number of carbonyl (C=O) groups is 3. The van der Waals surface area contributed by atoms with E-state index in [0.717, 1.165) is 0 Å². The third kappa shape index (κ3) is 6.83. The Labute approximate surface area is 251 Å². The van der Waals surface area contributed by atoms with E-state index in [2.05, 4.69) is 10.2 Å². The van der Waals surface area contributed by atoms with E-state index in [-0.39, 0.29) is 56.2 Å². The molecule has 1 saturated heterocycles. The Kier molecular flexibility index (Phi) is 10.2. The van der Waals surface area contributed by atoms with Gasteiger partial charge in [0.05, 0.1) is 54.3 Å². The molecule has 2 atom stereocenters. The summed E-state index contributed by atoms with van der Waals surface area (Å²) in [6.45, 7) is 2.50. The van der Waals surface area contributed by atoms with Crippen LogP contribution in [-0.2, 0) is 34.7 Å². The van der Waals surface area contributed by atoms with Crippen LogP contribution in [0.3, 0.4) is 0 Å². The molecule has 0 saturated carbocycles. The van der Waals surface area contributed by atoms with Crippen LogP contribution in [0.4, 0.5) is 0 Å². The van der Waals surface area contributed by atoms with Crippen molar-refractivity contribution in [3.8, 4) is 0 Å². The third-order valence-electron chi connectivity index (χ3n) is 7.09. The van der Waals surface area contributed by atoms with Gasteiger partial charge in [0.15, 0.2) is 0 Å². The molecule has 0 spiro atoms. The van der Waals surface area contributed by atoms with Crippen molar-refractivity contribution in [3.63, 3.8) is 0 Å². The maximum Gasteiger partial charge on any atom is 0.336 e. The number of esters is 2. The molecule has 0 bridgehead atoms. The van der Waals surface area contributed by atoms with Crippen molar-refractivity contribution < 1.29 is 28.1 Å². The van der Waals surface area contributed by atoms with E-state index in [4.69, 9.17) is 32.7 Å². The van der Waals surface area contributed by atoms with E-state index in [9.17, 15) is 18.6 Å². The molecule has 2 aromatic rings. The number of carbonyl (C=O) groups excluding carboxylic acids is 3. The molecule has 41 heavy (non-hydrogen) atoms. The van der Waals surface area contributed by atoms with Crippen molar-refractivity contribution in [2.24, 2.45) is 0 Å². The van der Waals surface area contributed by atoms with Gasteiger partial charge in [0.1, 0.15) is 0 Å². The van der Waals surface area contributed by atoms with Gasteiger partial charge in [0.25, 0.3) is 0 Å². The van der Waals surface area contributed by atoms with E-state index < -0.39 is 28.7 Å². The van der Waals surface area contributed by atoms with Gasteiger partial charge in [-0.3, -0.25) is 9.00 Å². The third-order valence-corrected chi connectivity index (χ3v) is 9.10. The average molecular weight is 621 g/mol. The van der Waals surface area contributed by atoms with Crippen LogP contribution in [0.5, 0.6) is 0 Å². The Morgan fingerprint density at radius 2 is 1.44 bits per heavy atom. The number of nitrogens with one attached hydrogen (secondary N) is 1. The number of benzene rings is 2. The number of methoxy groups -OCH3 is 2. The van der Waals surface area contributed by atoms with Gasteiger partial charge >= 0.3 is 11.9 Å². The summed E-state index contributed by atoms with van der Waals surface area (Å²) in [5, 5.41) is 3.51. The Bertz CT molecular complexity index is 1400. The molecule has 0 radical (unpaired) electrons. The number of nitrogens with zero attached hydrogens (tertiary/aromatic N) is 2. The molecule has 1 N–H and O–H groups in total. The number of hydrogen-bond donors (Lipinski definition) is 1. The van der Waals surface area contributed by atoms with Crippen LogP contribution in [0.2, 0.25) is 10.0 Å². The highest BCUT2D eigenvalue weighted by Crippen LogP contribution is 2.45. The van der Waals surface area contributed by atoms with Crippen molar-refractivity contribution in [2.45, 2.75) is 17.2 Å². The number of dihydropyridines is 1. The summed E-state index contributed by atoms with van der Waals surface area (Å²) >= 11 is 13.3. The zero-order valence-corrected chi connectivity index (χ0v) is 25.3. The van der Waals surface area contributed by atoms with Crippen molar-refractivity contribution in [1.29, 1.82) is 0 Å². The van der Waals surface area contributed by atoms with Gasteiger partial charge in [0.2, 0.25) is 5.91 Å². The molecule has 2 heterocycles. The van der Waals surface area contributed by atoms with Crippen molar-refractivity contribution in [3.05, 3.63) is 86.7 Å². The van der Waals surface area contributed by atoms with Crippen molar-refractivity contribution in [2.75, 3.05) is 53.2 Å². The molecular formula is C29H31Cl2N3O6S. The summed E-state index contributed by atoms with van der Waals surface area (Å²) < 4.78 is 23.8. The standard InChI is InChI=1S/C29H31Cl2N3O6S/c1-33-12-14-34(15-13-33)23(35)16-21-25(28(36)39-2)27(24-19(30)10-7-11-20(24)31)26(29(37)40-3)22(32-21)17-41(38)18-8-5-4-6-9-18/h4-11,27,32H,12-17H2,1-3H3/t27-,41-/m0/s1. The molecule has 218 valence electrons. The molecule has 9 nitrogen and oxygen atoms in total. The summed E-state index contributed by atoms with van der Waals surface area (Å²) in [5.41, 5.74) is 0.719. The predicted molar refractivity (Wildman–Crippen MR) is 157 cm³/mol. The summed E-state index contributed by atoms with van der Waals surface area (Å²) in [4.78, 5) is 44.7. The number of halogens is 2. The quantitative estimate of drug-likeness (QED) is 0.448. The van der Waals surface area contributed by atoms with E-state index in [1.807, 2.05) is 13.1 Å². The van der Waals surface area contributed by atoms with Crippen LogP contribution in [0.25, 0.3) is 0 Å². The minimum atomic E-state index is -1.60. The zero-order valence-electron chi connectivity index (χ0n) is 22.9. The van der Waals surface area contributed by atoms with Gasteiger partial charge in [-0.05, 0) is 31.3 Å². The Balaban J connectivity index is 1.89. The SMILES string of the molecule is COC(=O)C1=C(CC(=O)N2CCN(C)CC2)NC(C[S@](=O)c2ccccc2)=C(C(=O)OC)[C@H]1c1c(Cl)cccc1Cl. The van der Waals surface area contributed by atoms with E-state index in [1.165, 1.54) is 14.2 Å². The Hall–Kier alpha value is -3.18. The lowest BCUT2D eigenvalue weighted by Crippen LogP contribution is -2.47. The van der Waals surface area contributed by atoms with Gasteiger partial charge in [-0.15, -0.1) is 0 Å². The summed E-state index contributed by atoms with van der Waals surface area (Å²) in [6, 6.07) is 13.6. The normalized spacial score (nSPS) is 18.6. The number of hydrogen-bond acceptors (Lipinski definition) is 8. The summed E-state index contributed by atoms with van der Waals surface area (Å²) in [5.74, 6) is -3.05. The van der Waals surface area contributed by atoms with Crippen molar-refractivity contribution >= 4 is 51.8 Å². The first-order valence-corrected chi connectivity index (χ1v) is 15.0. The fourth-order valence-corrected chi connectivity index (χ4v) is 6.68. The van der Waals surface area contributed by atoms with Crippen LogP contribution in [0, 0.1) is 0 Å². The van der Waals surface area contributed by atoms with Gasteiger partial charge in [-0.2, -0.15) is 0 Å². The highest BCUT2D eigenvalue weighted by Gasteiger charge is 2.42. The lowest BCUT2D eigenvalue weighted by Gasteiger charge is -2.35. The summed E-state index contributed by atoms with van der Waals surface area (Å²) in [7, 11) is 2.81. The second-order valence-electron chi connectivity index (χ2n) is 9.62. The lowest BCUT2D eigenvalue weighted by molar-refractivity contribution is -0.137. The first-order valence-electron chi connectivity index (χ1n) is 12.9. The van der Waals surface area contributed by atoms with E-state index >= 15 is 0 Å². The number of piperazine rings is 1. The summed E-state index contributed by atoms with van der Waals surface area (Å²) in [6.07, 6.45) is -0.192. The lowest BCUT2D eigenvalue weighted by atomic mass is 9.79. The van der Waals surface area contributed by atoms with E-state index in [1.54, 1.807) is 47.4 Å². The maximum absolute atomic E-state index is 13.5. The molecule has 12 heteroatoms. The number of amides is 1. The van der Waals surface area contributed by atoms with Crippen LogP contribution in [0.15, 0.2) is 76.0 Å². The zero-order chi connectivity index (χ0) is 29.7. The van der Waals surface area contributed by atoms with E-state index in [0.29, 0.717) is 31.1 Å². The number of likely N-dealkylation sites (N-methyl/N-ethyl adjacent to an activating group) is 1. The molecule has 4 rings (SSSR count). The van der Waals surface area contributed by atoms with Crippen LogP contribution >= 0.6 is 23.2 Å². The number of rotatable bonds is 8. The topological polar surface area (TPSA) is 105 Å². The molecule has 2 aliphatic heterocycles. The average Bonchev–Trinajstić information content (AvgIpc) is 2.97. The molecule has 0 unspecified atom stereocenters. The number of ether oxygens (including phenoxy) is 2. The second kappa shape index (κ2) is 13.7. The molecule has 1 fully saturated rings. The van der Waals surface area contributed by atoms with Gasteiger partial charge in [-0.1, -0.05) is 47.5 Å². The molecule has 1 amide bonds. The maximum atomic E-state index is 13.5. The Morgan fingerprint density at radius 1 is 0.878 bits per heavy atom. The Morgan fingerprint density at radius 3 is 2.00 bits per heavy atom. The van der Waals surface area contributed by atoms with Crippen LogP contribution < -0.4 is 5.32 Å². The fraction of sp³-hybridized carbons (Fsp3) is 0.345. The highest BCUT2D eigenvalue weighted by atomic mass is 35.5. The first-order chi connectivity index (χ1) is 19.7. The van der Waals surface area contributed by atoms with Gasteiger partial charge in [0, 0.05) is 58.1 Å². The van der Waals surface area contributed by atoms with Gasteiger partial charge < -0.3 is 24.6 Å². The smallest absolute Gasteiger partial charge is 0.336 e. The molecule has 2 aliphatic rings. The predicted octanol–water partition coefficient (Wildman–Crippen LogP) is 3.51. The minimum absolute atomic E-state index is 0.000351. The fourth-order valence-electron chi connectivity index (χ4n) is 4.95. The van der Waals surface area contributed by atoms with Gasteiger partial charge in [-0.25, -0.2) is 9.59 Å². The van der Waals surface area contributed by atoms with Crippen molar-refractivity contribution in [1.82, 2.24) is 15.1 Å². The largest absolute Gasteiger partial charge is 0.466 e. The van der Waals surface area contributed by atoms with Crippen LogP contribution in [-0.4, -0.2) is 85.1 Å². The second-order valence-corrected chi connectivity index (χ2v) is 11.9. The monoisotopic (exact) mass is 619 g/mol. The molecule has 0 aromatic heterocycles. The molecule has 2 aromatic carbocycles. The first kappa shape index (κ1) is 30.8. The van der Waals surface area contributed by atoms with Crippen LogP contribution in [0.1, 0.15) is 17.9 Å². The molecular weight excluding hydrogens is 589 g/mol. The molecule has 0 aliphatic carbocycles.